The number of amides is 1. The highest BCUT2D eigenvalue weighted by Gasteiger charge is 2.25. The Morgan fingerprint density at radius 1 is 1.15 bits per heavy atom. The number of rotatable bonds is 5. The third-order valence-corrected chi connectivity index (χ3v) is 5.54. The van der Waals surface area contributed by atoms with E-state index in [0.29, 0.717) is 19.9 Å². The minimum Gasteiger partial charge on any atom is -0.298 e. The molecule has 0 aliphatic carbocycles. The van der Waals surface area contributed by atoms with Crippen molar-refractivity contribution in [3.63, 3.8) is 0 Å². The van der Waals surface area contributed by atoms with Crippen LogP contribution in [0.3, 0.4) is 0 Å². The molecule has 0 aliphatic heterocycles. The summed E-state index contributed by atoms with van der Waals surface area (Å²) in [6.45, 7) is 0. The molecule has 27 heavy (non-hydrogen) atoms. The van der Waals surface area contributed by atoms with Crippen molar-refractivity contribution in [1.82, 2.24) is 4.98 Å². The number of benzene rings is 1. The molecule has 138 valence electrons. The molecule has 1 aromatic carbocycles. The molecule has 0 unspecified atom stereocenters. The molecule has 0 fully saturated rings. The summed E-state index contributed by atoms with van der Waals surface area (Å²) in [7, 11) is 0. The first-order chi connectivity index (χ1) is 12.8. The summed E-state index contributed by atoms with van der Waals surface area (Å²) in [6.07, 6.45) is 0. The molecule has 2 heterocycles. The van der Waals surface area contributed by atoms with Crippen molar-refractivity contribution in [1.29, 1.82) is 0 Å². The number of hydrogen-bond donors (Lipinski definition) is 1. The van der Waals surface area contributed by atoms with Gasteiger partial charge in [-0.3, -0.25) is 30.3 Å². The van der Waals surface area contributed by atoms with Crippen LogP contribution in [0.4, 0.5) is 16.5 Å². The van der Waals surface area contributed by atoms with E-state index in [1.807, 2.05) is 0 Å². The fourth-order valence-corrected chi connectivity index (χ4v) is 4.30. The minimum atomic E-state index is -0.859. The number of nitrogens with one attached hydrogen (secondary N) is 1. The monoisotopic (exact) mass is 444 g/mol. The van der Waals surface area contributed by atoms with Gasteiger partial charge in [-0.25, -0.2) is 4.98 Å². The van der Waals surface area contributed by atoms with Crippen LogP contribution in [0.15, 0.2) is 29.6 Å². The standard InChI is InChI=1S/C14H6Cl2N4O5S2/c15-11-4-8(12(16)27-11)9-5-26-14(17-9)18-13(21)7-2-1-6(19(22)23)3-10(7)20(24)25/h1-5H,(H,17,18,21). The van der Waals surface area contributed by atoms with Gasteiger partial charge in [0.15, 0.2) is 5.13 Å². The summed E-state index contributed by atoms with van der Waals surface area (Å²) in [5, 5.41) is 26.2. The molecule has 3 rings (SSSR count). The number of carbonyl (C=O) groups is 1. The van der Waals surface area contributed by atoms with Crippen molar-refractivity contribution in [3.8, 4) is 11.3 Å². The number of hydrogen-bond acceptors (Lipinski definition) is 8. The molecule has 0 saturated carbocycles. The van der Waals surface area contributed by atoms with E-state index >= 15 is 0 Å². The van der Waals surface area contributed by atoms with Gasteiger partial charge in [0.25, 0.3) is 17.3 Å². The molecule has 13 heteroatoms. The van der Waals surface area contributed by atoms with Crippen LogP contribution < -0.4 is 5.32 Å². The Balaban J connectivity index is 1.87. The van der Waals surface area contributed by atoms with Gasteiger partial charge in [0.05, 0.1) is 25.9 Å². The first kappa shape index (κ1) is 19.2. The molecule has 9 nitrogen and oxygen atoms in total. The minimum absolute atomic E-state index is 0.182. The van der Waals surface area contributed by atoms with E-state index in [-0.39, 0.29) is 10.7 Å². The molecule has 0 bridgehead atoms. The number of thiazole rings is 1. The normalized spacial score (nSPS) is 10.6. The molecule has 2 aromatic heterocycles. The second-order valence-corrected chi connectivity index (χ2v) is 8.09. The van der Waals surface area contributed by atoms with E-state index in [9.17, 15) is 25.0 Å². The molecule has 3 aromatic rings. The maximum Gasteiger partial charge on any atom is 0.289 e. The number of nitrogens with zero attached hydrogens (tertiary/aromatic N) is 3. The van der Waals surface area contributed by atoms with E-state index < -0.39 is 27.1 Å². The van der Waals surface area contributed by atoms with Crippen molar-refractivity contribution in [2.45, 2.75) is 0 Å². The Kier molecular flexibility index (Phi) is 5.37. The van der Waals surface area contributed by atoms with Gasteiger partial charge in [0, 0.05) is 17.0 Å². The fourth-order valence-electron chi connectivity index (χ4n) is 2.11. The SMILES string of the molecule is O=C(Nc1nc(-c2cc(Cl)sc2Cl)cs1)c1ccc([N+](=O)[O-])cc1[N+](=O)[O-]. The van der Waals surface area contributed by atoms with E-state index in [0.717, 1.165) is 29.5 Å². The van der Waals surface area contributed by atoms with Crippen LogP contribution in [0.2, 0.25) is 8.67 Å². The topological polar surface area (TPSA) is 128 Å². The van der Waals surface area contributed by atoms with E-state index in [4.69, 9.17) is 23.2 Å². The van der Waals surface area contributed by atoms with Gasteiger partial charge in [-0.15, -0.1) is 22.7 Å². The number of nitro groups is 2. The summed E-state index contributed by atoms with van der Waals surface area (Å²) in [5.74, 6) is -0.813. The van der Waals surface area contributed by atoms with E-state index in [2.05, 4.69) is 10.3 Å². The molecule has 0 atom stereocenters. The third-order valence-electron chi connectivity index (χ3n) is 3.29. The van der Waals surface area contributed by atoms with Gasteiger partial charge in [-0.05, 0) is 12.1 Å². The van der Waals surface area contributed by atoms with Gasteiger partial charge in [-0.1, -0.05) is 23.2 Å². The van der Waals surface area contributed by atoms with Crippen LogP contribution in [0.25, 0.3) is 11.3 Å². The lowest BCUT2D eigenvalue weighted by Crippen LogP contribution is -2.14. The van der Waals surface area contributed by atoms with Gasteiger partial charge < -0.3 is 0 Å². The lowest BCUT2D eigenvalue weighted by Gasteiger charge is -2.03. The predicted molar refractivity (Wildman–Crippen MR) is 103 cm³/mol. The number of anilines is 1. The van der Waals surface area contributed by atoms with Crippen LogP contribution >= 0.6 is 45.9 Å². The molecule has 0 radical (unpaired) electrons. The maximum atomic E-state index is 12.4. The van der Waals surface area contributed by atoms with Gasteiger partial charge in [0.1, 0.15) is 9.90 Å². The van der Waals surface area contributed by atoms with Crippen molar-refractivity contribution in [2.75, 3.05) is 5.32 Å². The summed E-state index contributed by atoms with van der Waals surface area (Å²) < 4.78 is 0.921. The van der Waals surface area contributed by atoms with E-state index in [1.54, 1.807) is 11.4 Å². The maximum absolute atomic E-state index is 12.4. The number of halogens is 2. The van der Waals surface area contributed by atoms with Crippen molar-refractivity contribution in [2.24, 2.45) is 0 Å². The number of aromatic nitrogens is 1. The van der Waals surface area contributed by atoms with E-state index in [1.165, 1.54) is 11.3 Å². The summed E-state index contributed by atoms with van der Waals surface area (Å²) in [4.78, 5) is 36.9. The van der Waals surface area contributed by atoms with Crippen LogP contribution in [-0.2, 0) is 0 Å². The van der Waals surface area contributed by atoms with Gasteiger partial charge in [-0.2, -0.15) is 0 Å². The highest BCUT2D eigenvalue weighted by Crippen LogP contribution is 2.39. The zero-order chi connectivity index (χ0) is 19.7. The van der Waals surface area contributed by atoms with Crippen molar-refractivity contribution >= 4 is 68.3 Å². The average molecular weight is 445 g/mol. The summed E-state index contributed by atoms with van der Waals surface area (Å²) in [6, 6.07) is 4.41. The zero-order valence-corrected chi connectivity index (χ0v) is 16.0. The molecular formula is C14H6Cl2N4O5S2. The largest absolute Gasteiger partial charge is 0.298 e. The summed E-state index contributed by atoms with van der Waals surface area (Å²) >= 11 is 14.2. The van der Waals surface area contributed by atoms with Gasteiger partial charge in [0.2, 0.25) is 0 Å². The lowest BCUT2D eigenvalue weighted by molar-refractivity contribution is -0.394. The number of non-ortho nitro benzene ring substituents is 1. The highest BCUT2D eigenvalue weighted by molar-refractivity contribution is 7.20. The van der Waals surface area contributed by atoms with Gasteiger partial charge >= 0.3 is 0 Å². The average Bonchev–Trinajstić information content (AvgIpc) is 3.19. The van der Waals surface area contributed by atoms with Crippen LogP contribution in [0.5, 0.6) is 0 Å². The second kappa shape index (κ2) is 7.56. The quantitative estimate of drug-likeness (QED) is 0.422. The Bertz CT molecular complexity index is 1080. The fraction of sp³-hybridized carbons (Fsp3) is 0. The van der Waals surface area contributed by atoms with Crippen LogP contribution in [0.1, 0.15) is 10.4 Å². The molecular weight excluding hydrogens is 439 g/mol. The van der Waals surface area contributed by atoms with Crippen molar-refractivity contribution in [3.05, 3.63) is 64.1 Å². The molecule has 0 spiro atoms. The Morgan fingerprint density at radius 3 is 2.48 bits per heavy atom. The Hall–Kier alpha value is -2.60. The van der Waals surface area contributed by atoms with Crippen molar-refractivity contribution < 1.29 is 14.6 Å². The lowest BCUT2D eigenvalue weighted by atomic mass is 10.1. The number of carbonyl (C=O) groups excluding carboxylic acids is 1. The molecule has 0 saturated heterocycles. The zero-order valence-electron chi connectivity index (χ0n) is 12.8. The summed E-state index contributed by atoms with van der Waals surface area (Å²) in [5.41, 5.74) is -0.393. The first-order valence-electron chi connectivity index (χ1n) is 6.91. The molecule has 1 N–H and O–H groups in total. The predicted octanol–water partition coefficient (Wildman–Crippen LogP) is 5.25. The third kappa shape index (κ3) is 4.06. The number of thiophene rings is 1. The smallest absolute Gasteiger partial charge is 0.289 e. The number of nitro benzene ring substituents is 2. The molecule has 1 amide bonds. The molecule has 0 aliphatic rings. The van der Waals surface area contributed by atoms with Crippen LogP contribution in [0, 0.1) is 20.2 Å². The van der Waals surface area contributed by atoms with Crippen LogP contribution in [-0.4, -0.2) is 20.7 Å². The Labute approximate surface area is 168 Å². The first-order valence-corrected chi connectivity index (χ1v) is 9.36. The second-order valence-electron chi connectivity index (χ2n) is 4.95. The highest BCUT2D eigenvalue weighted by atomic mass is 35.5. The Morgan fingerprint density at radius 2 is 1.89 bits per heavy atom.